The van der Waals surface area contributed by atoms with Crippen LogP contribution in [-0.2, 0) is 0 Å². The summed E-state index contributed by atoms with van der Waals surface area (Å²) in [5, 5.41) is 14.6. The molecule has 0 amide bonds. The summed E-state index contributed by atoms with van der Waals surface area (Å²) >= 11 is 0. The van der Waals surface area contributed by atoms with Crippen molar-refractivity contribution in [1.82, 2.24) is 0 Å². The highest BCUT2D eigenvalue weighted by Gasteiger charge is 2.36. The fraction of sp³-hybridized carbons (Fsp3) is 0.0526. The van der Waals surface area contributed by atoms with Crippen molar-refractivity contribution in [2.24, 2.45) is 0 Å². The van der Waals surface area contributed by atoms with E-state index in [1.165, 1.54) is 0 Å². The molecular formula is C19H13NO2. The third-order valence-electron chi connectivity index (χ3n) is 4.06. The largest absolute Gasteiger partial charge is 0.618 e. The van der Waals surface area contributed by atoms with Gasteiger partial charge in [-0.05, 0) is 41.5 Å². The van der Waals surface area contributed by atoms with Crippen molar-refractivity contribution in [2.75, 3.05) is 0 Å². The number of aryl methyl sites for hydroxylation is 1. The lowest BCUT2D eigenvalue weighted by molar-refractivity contribution is -0.355. The Balaban J connectivity index is 1.92. The maximum absolute atomic E-state index is 12.6. The second-order valence-corrected chi connectivity index (χ2v) is 5.55. The zero-order valence-corrected chi connectivity index (χ0v) is 12.0. The van der Waals surface area contributed by atoms with Crippen molar-refractivity contribution in [1.29, 1.82) is 0 Å². The molecule has 22 heavy (non-hydrogen) atoms. The molecule has 4 rings (SSSR count). The molecule has 0 saturated heterocycles. The summed E-state index contributed by atoms with van der Waals surface area (Å²) < 4.78 is 0.751. The van der Waals surface area contributed by atoms with Gasteiger partial charge in [-0.1, -0.05) is 36.4 Å². The predicted octanol–water partition coefficient (Wildman–Crippen LogP) is 3.98. The molecule has 1 aliphatic heterocycles. The standard InChI is InChI=1S/C19H13NO2/c1-12-6-9-17-16(10-12)19(21)18(20(17)22)15-8-7-13-4-2-3-5-14(13)11-15/h2-11H,1H3. The summed E-state index contributed by atoms with van der Waals surface area (Å²) in [5.74, 6) is -0.205. The summed E-state index contributed by atoms with van der Waals surface area (Å²) in [6.07, 6.45) is 0. The van der Waals surface area contributed by atoms with Gasteiger partial charge in [-0.2, -0.15) is 4.74 Å². The van der Waals surface area contributed by atoms with Gasteiger partial charge in [-0.3, -0.25) is 4.79 Å². The van der Waals surface area contributed by atoms with E-state index in [0.29, 0.717) is 16.8 Å². The number of ketones is 1. The molecule has 106 valence electrons. The fourth-order valence-electron chi connectivity index (χ4n) is 2.93. The van der Waals surface area contributed by atoms with Crippen LogP contribution in [0.1, 0.15) is 21.5 Å². The van der Waals surface area contributed by atoms with Gasteiger partial charge in [0, 0.05) is 6.07 Å². The molecule has 3 aromatic rings. The molecule has 0 fully saturated rings. The van der Waals surface area contributed by atoms with Crippen molar-refractivity contribution < 1.29 is 9.53 Å². The number of fused-ring (bicyclic) bond motifs is 2. The van der Waals surface area contributed by atoms with Crippen LogP contribution < -0.4 is 0 Å². The number of hydrogen-bond acceptors (Lipinski definition) is 2. The van der Waals surface area contributed by atoms with Gasteiger partial charge in [0.25, 0.3) is 11.5 Å². The van der Waals surface area contributed by atoms with Gasteiger partial charge < -0.3 is 5.21 Å². The number of nitrogens with zero attached hydrogens (tertiary/aromatic N) is 1. The maximum atomic E-state index is 12.6. The molecule has 0 unspecified atom stereocenters. The molecular weight excluding hydrogens is 274 g/mol. The molecule has 0 aliphatic carbocycles. The lowest BCUT2D eigenvalue weighted by Gasteiger charge is -2.03. The molecule has 0 spiro atoms. The number of hydrogen-bond donors (Lipinski definition) is 0. The molecule has 0 radical (unpaired) electrons. The molecule has 3 nitrogen and oxygen atoms in total. The van der Waals surface area contributed by atoms with Gasteiger partial charge in [0.2, 0.25) is 5.69 Å². The molecule has 0 bridgehead atoms. The Morgan fingerprint density at radius 2 is 1.68 bits per heavy atom. The van der Waals surface area contributed by atoms with Crippen molar-refractivity contribution in [3.05, 3.63) is 82.6 Å². The normalized spacial score (nSPS) is 13.8. The number of benzene rings is 3. The third kappa shape index (κ3) is 1.76. The van der Waals surface area contributed by atoms with Gasteiger partial charge in [0.1, 0.15) is 5.56 Å². The van der Waals surface area contributed by atoms with Gasteiger partial charge in [0.05, 0.1) is 5.56 Å². The van der Waals surface area contributed by atoms with E-state index in [1.54, 1.807) is 12.1 Å². The lowest BCUT2D eigenvalue weighted by atomic mass is 9.99. The molecule has 0 saturated carbocycles. The summed E-state index contributed by atoms with van der Waals surface area (Å²) in [5.41, 5.74) is 2.75. The van der Waals surface area contributed by atoms with Gasteiger partial charge in [0.15, 0.2) is 0 Å². The molecule has 0 atom stereocenters. The van der Waals surface area contributed by atoms with E-state index < -0.39 is 0 Å². The van der Waals surface area contributed by atoms with E-state index in [4.69, 9.17) is 0 Å². The van der Waals surface area contributed by atoms with Crippen LogP contribution in [0.5, 0.6) is 0 Å². The number of carbonyl (C=O) groups is 1. The van der Waals surface area contributed by atoms with E-state index in [-0.39, 0.29) is 11.5 Å². The lowest BCUT2D eigenvalue weighted by Crippen LogP contribution is -2.16. The first-order valence-corrected chi connectivity index (χ1v) is 7.14. The zero-order chi connectivity index (χ0) is 15.3. The first kappa shape index (κ1) is 12.8. The van der Waals surface area contributed by atoms with E-state index in [2.05, 4.69) is 0 Å². The van der Waals surface area contributed by atoms with E-state index in [1.807, 2.05) is 55.5 Å². The monoisotopic (exact) mass is 287 g/mol. The van der Waals surface area contributed by atoms with Crippen molar-refractivity contribution in [3.8, 4) is 0 Å². The van der Waals surface area contributed by atoms with Crippen LogP contribution in [-0.4, -0.2) is 16.2 Å². The Morgan fingerprint density at radius 1 is 0.909 bits per heavy atom. The van der Waals surface area contributed by atoms with Gasteiger partial charge >= 0.3 is 0 Å². The molecule has 3 aromatic carbocycles. The number of Topliss-reactive ketones (excluding diaryl/α,β-unsaturated/α-hetero) is 1. The second-order valence-electron chi connectivity index (χ2n) is 5.55. The average molecular weight is 287 g/mol. The second kappa shape index (κ2) is 4.53. The smallest absolute Gasteiger partial charge is 0.272 e. The summed E-state index contributed by atoms with van der Waals surface area (Å²) in [6, 6.07) is 18.9. The van der Waals surface area contributed by atoms with Crippen LogP contribution in [0.2, 0.25) is 0 Å². The third-order valence-corrected chi connectivity index (χ3v) is 4.06. The van der Waals surface area contributed by atoms with Crippen LogP contribution in [0.25, 0.3) is 10.8 Å². The molecule has 0 N–H and O–H groups in total. The SMILES string of the molecule is Cc1ccc2c(c1)C(=O)C(c1ccc3ccccc3c1)=[N+]2[O-]. The van der Waals surface area contributed by atoms with Crippen molar-refractivity contribution >= 4 is 28.0 Å². The Labute approximate surface area is 127 Å². The average Bonchev–Trinajstić information content (AvgIpc) is 2.78. The zero-order valence-electron chi connectivity index (χ0n) is 12.0. The van der Waals surface area contributed by atoms with Crippen molar-refractivity contribution in [3.63, 3.8) is 0 Å². The van der Waals surface area contributed by atoms with Crippen LogP contribution in [0.4, 0.5) is 5.69 Å². The van der Waals surface area contributed by atoms with Crippen LogP contribution in [0.3, 0.4) is 0 Å². The number of rotatable bonds is 1. The Morgan fingerprint density at radius 3 is 2.50 bits per heavy atom. The van der Waals surface area contributed by atoms with E-state index in [9.17, 15) is 10.0 Å². The van der Waals surface area contributed by atoms with Crippen LogP contribution in [0, 0.1) is 12.1 Å². The van der Waals surface area contributed by atoms with E-state index >= 15 is 0 Å². The number of carbonyl (C=O) groups excluding carboxylic acids is 1. The highest BCUT2D eigenvalue weighted by atomic mass is 16.5. The summed E-state index contributed by atoms with van der Waals surface area (Å²) in [4.78, 5) is 12.6. The molecule has 3 heteroatoms. The van der Waals surface area contributed by atoms with Crippen LogP contribution >= 0.6 is 0 Å². The highest BCUT2D eigenvalue weighted by Crippen LogP contribution is 2.29. The molecule has 1 heterocycles. The van der Waals surface area contributed by atoms with Gasteiger partial charge in [-0.25, -0.2) is 0 Å². The quantitative estimate of drug-likeness (QED) is 0.502. The summed E-state index contributed by atoms with van der Waals surface area (Å²) in [6.45, 7) is 1.91. The first-order valence-electron chi connectivity index (χ1n) is 7.14. The minimum absolute atomic E-state index is 0.200. The molecule has 0 aromatic heterocycles. The minimum Gasteiger partial charge on any atom is -0.618 e. The Hall–Kier alpha value is -2.94. The van der Waals surface area contributed by atoms with Crippen LogP contribution in [0.15, 0.2) is 60.7 Å². The minimum atomic E-state index is -0.205. The first-order chi connectivity index (χ1) is 10.6. The summed E-state index contributed by atoms with van der Waals surface area (Å²) in [7, 11) is 0. The molecule has 1 aliphatic rings. The Bertz CT molecular complexity index is 970. The fourth-order valence-corrected chi connectivity index (χ4v) is 2.93. The highest BCUT2D eigenvalue weighted by molar-refractivity contribution is 6.52. The Kier molecular flexibility index (Phi) is 2.63. The predicted molar refractivity (Wildman–Crippen MR) is 86.9 cm³/mol. The van der Waals surface area contributed by atoms with Gasteiger partial charge in [-0.15, -0.1) is 0 Å². The maximum Gasteiger partial charge on any atom is 0.272 e. The van der Waals surface area contributed by atoms with E-state index in [0.717, 1.165) is 21.1 Å². The van der Waals surface area contributed by atoms with Crippen molar-refractivity contribution in [2.45, 2.75) is 6.92 Å². The topological polar surface area (TPSA) is 43.1 Å².